The molecule has 0 bridgehead atoms. The maximum Gasteiger partial charge on any atom is 0.264 e. The van der Waals surface area contributed by atoms with Gasteiger partial charge in [0.15, 0.2) is 17.5 Å². The molecule has 4 aromatic rings. The van der Waals surface area contributed by atoms with E-state index in [1.54, 1.807) is 12.1 Å². The number of thiazole rings is 1. The third-order valence-electron chi connectivity index (χ3n) is 3.54. The number of carbonyl (C=O) groups is 1. The van der Waals surface area contributed by atoms with Crippen molar-refractivity contribution in [1.29, 1.82) is 0 Å². The number of anilines is 1. The number of amides is 1. The Kier molecular flexibility index (Phi) is 4.18. The lowest BCUT2D eigenvalue weighted by Gasteiger charge is -2.05. The molecule has 0 atom stereocenters. The van der Waals surface area contributed by atoms with Crippen molar-refractivity contribution in [2.75, 3.05) is 11.9 Å². The molecule has 1 amide bonds. The fourth-order valence-electron chi connectivity index (χ4n) is 2.37. The SMILES string of the molecule is O=C(COc1ccccc1)Nc1nc(-c2cc3ccccc3o2)cs1. The third-order valence-corrected chi connectivity index (χ3v) is 4.30. The molecule has 2 aromatic heterocycles. The fraction of sp³-hybridized carbons (Fsp3) is 0.0526. The summed E-state index contributed by atoms with van der Waals surface area (Å²) in [5.41, 5.74) is 1.51. The number of carbonyl (C=O) groups excluding carboxylic acids is 1. The maximum atomic E-state index is 12.0. The highest BCUT2D eigenvalue weighted by Crippen LogP contribution is 2.30. The van der Waals surface area contributed by atoms with E-state index in [1.807, 2.05) is 53.9 Å². The number of furan rings is 1. The van der Waals surface area contributed by atoms with Crippen molar-refractivity contribution in [3.8, 4) is 17.2 Å². The summed E-state index contributed by atoms with van der Waals surface area (Å²) in [5.74, 6) is 1.08. The lowest BCUT2D eigenvalue weighted by atomic mass is 10.2. The number of hydrogen-bond donors (Lipinski definition) is 1. The van der Waals surface area contributed by atoms with Crippen molar-refractivity contribution in [1.82, 2.24) is 4.98 Å². The molecule has 5 nitrogen and oxygen atoms in total. The second-order valence-corrected chi connectivity index (χ2v) is 6.19. The number of hydrogen-bond acceptors (Lipinski definition) is 5. The summed E-state index contributed by atoms with van der Waals surface area (Å²) in [7, 11) is 0. The average molecular weight is 350 g/mol. The first kappa shape index (κ1) is 15.4. The largest absolute Gasteiger partial charge is 0.484 e. The molecule has 0 aliphatic heterocycles. The van der Waals surface area contributed by atoms with Gasteiger partial charge in [0.1, 0.15) is 17.0 Å². The smallest absolute Gasteiger partial charge is 0.264 e. The molecule has 0 aliphatic carbocycles. The monoisotopic (exact) mass is 350 g/mol. The Morgan fingerprint density at radius 2 is 1.92 bits per heavy atom. The Hall–Kier alpha value is -3.12. The van der Waals surface area contributed by atoms with Crippen molar-refractivity contribution in [3.63, 3.8) is 0 Å². The predicted molar refractivity (Wildman–Crippen MR) is 97.9 cm³/mol. The van der Waals surface area contributed by atoms with Gasteiger partial charge in [-0.3, -0.25) is 10.1 Å². The Morgan fingerprint density at radius 3 is 2.76 bits per heavy atom. The van der Waals surface area contributed by atoms with Gasteiger partial charge in [-0.1, -0.05) is 36.4 Å². The zero-order valence-corrected chi connectivity index (χ0v) is 14.0. The van der Waals surface area contributed by atoms with Gasteiger partial charge in [0.05, 0.1) is 0 Å². The van der Waals surface area contributed by atoms with Gasteiger partial charge in [-0.05, 0) is 24.3 Å². The van der Waals surface area contributed by atoms with Gasteiger partial charge in [-0.2, -0.15) is 0 Å². The predicted octanol–water partition coefficient (Wildman–Crippen LogP) is 4.57. The van der Waals surface area contributed by atoms with Crippen LogP contribution in [-0.4, -0.2) is 17.5 Å². The van der Waals surface area contributed by atoms with Crippen LogP contribution in [0.15, 0.2) is 70.5 Å². The Bertz CT molecular complexity index is 975. The topological polar surface area (TPSA) is 64.4 Å². The number of benzene rings is 2. The molecule has 0 saturated heterocycles. The number of nitrogens with one attached hydrogen (secondary N) is 1. The molecular weight excluding hydrogens is 336 g/mol. The molecule has 0 aliphatic rings. The summed E-state index contributed by atoms with van der Waals surface area (Å²) in [6.45, 7) is -0.0659. The summed E-state index contributed by atoms with van der Waals surface area (Å²) >= 11 is 1.35. The molecule has 2 aromatic carbocycles. The van der Waals surface area contributed by atoms with E-state index >= 15 is 0 Å². The zero-order valence-electron chi connectivity index (χ0n) is 13.1. The second kappa shape index (κ2) is 6.78. The standard InChI is InChI=1S/C19H14N2O3S/c22-18(11-23-14-7-2-1-3-8-14)21-19-20-15(12-25-19)17-10-13-6-4-5-9-16(13)24-17/h1-10,12H,11H2,(H,20,21,22). The normalized spacial score (nSPS) is 10.7. The van der Waals surface area contributed by atoms with E-state index in [-0.39, 0.29) is 12.5 Å². The van der Waals surface area contributed by atoms with Crippen LogP contribution < -0.4 is 10.1 Å². The molecule has 25 heavy (non-hydrogen) atoms. The molecule has 1 N–H and O–H groups in total. The summed E-state index contributed by atoms with van der Waals surface area (Å²) in [5, 5.41) is 6.12. The van der Waals surface area contributed by atoms with E-state index in [4.69, 9.17) is 9.15 Å². The van der Waals surface area contributed by atoms with Gasteiger partial charge in [-0.25, -0.2) is 4.98 Å². The molecule has 0 spiro atoms. The van der Waals surface area contributed by atoms with Crippen LogP contribution >= 0.6 is 11.3 Å². The number of aromatic nitrogens is 1. The molecule has 0 fully saturated rings. The first-order valence-corrected chi connectivity index (χ1v) is 8.58. The van der Waals surface area contributed by atoms with E-state index in [9.17, 15) is 4.79 Å². The van der Waals surface area contributed by atoms with E-state index in [1.165, 1.54) is 11.3 Å². The van der Waals surface area contributed by atoms with Gasteiger partial charge < -0.3 is 9.15 Å². The van der Waals surface area contributed by atoms with Gasteiger partial charge in [0.25, 0.3) is 5.91 Å². The fourth-order valence-corrected chi connectivity index (χ4v) is 3.09. The maximum absolute atomic E-state index is 12.0. The van der Waals surface area contributed by atoms with Crippen molar-refractivity contribution >= 4 is 33.3 Å². The third kappa shape index (κ3) is 3.54. The quantitative estimate of drug-likeness (QED) is 0.572. The van der Waals surface area contributed by atoms with Crippen LogP contribution in [0.4, 0.5) is 5.13 Å². The Balaban J connectivity index is 1.41. The van der Waals surface area contributed by atoms with Crippen LogP contribution in [-0.2, 0) is 4.79 Å². The lowest BCUT2D eigenvalue weighted by molar-refractivity contribution is -0.118. The molecule has 124 valence electrons. The number of para-hydroxylation sites is 2. The molecule has 0 radical (unpaired) electrons. The van der Waals surface area contributed by atoms with Crippen LogP contribution in [0.2, 0.25) is 0 Å². The minimum Gasteiger partial charge on any atom is -0.484 e. The van der Waals surface area contributed by atoms with Gasteiger partial charge in [0.2, 0.25) is 0 Å². The van der Waals surface area contributed by atoms with Crippen LogP contribution in [0, 0.1) is 0 Å². The highest BCUT2D eigenvalue weighted by Gasteiger charge is 2.12. The highest BCUT2D eigenvalue weighted by atomic mass is 32.1. The average Bonchev–Trinajstić information content (AvgIpc) is 3.27. The van der Waals surface area contributed by atoms with Crippen molar-refractivity contribution in [2.45, 2.75) is 0 Å². The summed E-state index contributed by atoms with van der Waals surface area (Å²) in [6, 6.07) is 18.9. The van der Waals surface area contributed by atoms with Crippen LogP contribution in [0.3, 0.4) is 0 Å². The minimum absolute atomic E-state index is 0.0659. The number of rotatable bonds is 5. The molecule has 0 saturated carbocycles. The second-order valence-electron chi connectivity index (χ2n) is 5.34. The van der Waals surface area contributed by atoms with Crippen LogP contribution in [0.25, 0.3) is 22.4 Å². The Morgan fingerprint density at radius 1 is 1.12 bits per heavy atom. The molecule has 6 heteroatoms. The van der Waals surface area contributed by atoms with Gasteiger partial charge in [0, 0.05) is 10.8 Å². The van der Waals surface area contributed by atoms with E-state index in [0.29, 0.717) is 22.3 Å². The summed E-state index contributed by atoms with van der Waals surface area (Å²) < 4.78 is 11.2. The van der Waals surface area contributed by atoms with E-state index in [2.05, 4.69) is 10.3 Å². The van der Waals surface area contributed by atoms with E-state index in [0.717, 1.165) is 11.0 Å². The molecular formula is C19H14N2O3S. The first-order chi connectivity index (χ1) is 12.3. The molecule has 2 heterocycles. The van der Waals surface area contributed by atoms with Crippen LogP contribution in [0.1, 0.15) is 0 Å². The lowest BCUT2D eigenvalue weighted by Crippen LogP contribution is -2.19. The Labute approximate surface area is 147 Å². The van der Waals surface area contributed by atoms with Crippen molar-refractivity contribution in [2.24, 2.45) is 0 Å². The van der Waals surface area contributed by atoms with Gasteiger partial charge >= 0.3 is 0 Å². The number of nitrogens with zero attached hydrogens (tertiary/aromatic N) is 1. The number of fused-ring (bicyclic) bond motifs is 1. The minimum atomic E-state index is -0.255. The number of ether oxygens (including phenoxy) is 1. The zero-order chi connectivity index (χ0) is 17.1. The summed E-state index contributed by atoms with van der Waals surface area (Å²) in [4.78, 5) is 16.4. The summed E-state index contributed by atoms with van der Waals surface area (Å²) in [6.07, 6.45) is 0. The first-order valence-electron chi connectivity index (χ1n) is 7.70. The van der Waals surface area contributed by atoms with Gasteiger partial charge in [-0.15, -0.1) is 11.3 Å². The molecule has 4 rings (SSSR count). The molecule has 0 unspecified atom stereocenters. The van der Waals surface area contributed by atoms with Crippen LogP contribution in [0.5, 0.6) is 5.75 Å². The van der Waals surface area contributed by atoms with Crippen molar-refractivity contribution < 1.29 is 13.9 Å². The highest BCUT2D eigenvalue weighted by molar-refractivity contribution is 7.14. The van der Waals surface area contributed by atoms with Crippen molar-refractivity contribution in [3.05, 3.63) is 66.0 Å². The van der Waals surface area contributed by atoms with E-state index < -0.39 is 0 Å².